The summed E-state index contributed by atoms with van der Waals surface area (Å²) in [6.45, 7) is 9.80. The van der Waals surface area contributed by atoms with Crippen LogP contribution < -0.4 is 5.19 Å². The van der Waals surface area contributed by atoms with Crippen molar-refractivity contribution in [3.63, 3.8) is 0 Å². The summed E-state index contributed by atoms with van der Waals surface area (Å²) in [5.74, 6) is 0. The highest BCUT2D eigenvalue weighted by molar-refractivity contribution is 6.90. The molecule has 0 saturated carbocycles. The SMILES string of the molecule is C=CC[Si](C)(C)c1ccc(C2OCCO2)nc1. The van der Waals surface area contributed by atoms with Crippen LogP contribution in [0.15, 0.2) is 31.0 Å². The molecule has 0 N–H and O–H groups in total. The fourth-order valence-electron chi connectivity index (χ4n) is 1.95. The number of aromatic nitrogens is 1. The molecule has 2 heterocycles. The van der Waals surface area contributed by atoms with Crippen molar-refractivity contribution >= 4 is 13.3 Å². The highest BCUT2D eigenvalue weighted by atomic mass is 28.3. The molecule has 4 heteroatoms. The lowest BCUT2D eigenvalue weighted by molar-refractivity contribution is -0.0472. The first kappa shape index (κ1) is 12.5. The molecule has 1 fully saturated rings. The van der Waals surface area contributed by atoms with Gasteiger partial charge in [0.2, 0.25) is 6.29 Å². The van der Waals surface area contributed by atoms with Crippen LogP contribution in [0.4, 0.5) is 0 Å². The van der Waals surface area contributed by atoms with E-state index >= 15 is 0 Å². The average Bonchev–Trinajstić information content (AvgIpc) is 2.82. The second-order valence-corrected chi connectivity index (χ2v) is 9.68. The van der Waals surface area contributed by atoms with Gasteiger partial charge in [-0.05, 0) is 17.3 Å². The van der Waals surface area contributed by atoms with Crippen LogP contribution in [0.2, 0.25) is 19.1 Å². The van der Waals surface area contributed by atoms with Gasteiger partial charge >= 0.3 is 0 Å². The van der Waals surface area contributed by atoms with Crippen LogP contribution >= 0.6 is 0 Å². The van der Waals surface area contributed by atoms with E-state index in [2.05, 4.69) is 30.7 Å². The summed E-state index contributed by atoms with van der Waals surface area (Å²) in [5.41, 5.74) is 0.870. The van der Waals surface area contributed by atoms with Crippen LogP contribution in [-0.2, 0) is 9.47 Å². The van der Waals surface area contributed by atoms with Crippen molar-refractivity contribution in [3.05, 3.63) is 36.7 Å². The molecule has 1 saturated heterocycles. The first-order valence-electron chi connectivity index (χ1n) is 5.94. The van der Waals surface area contributed by atoms with E-state index in [4.69, 9.17) is 9.47 Å². The zero-order valence-electron chi connectivity index (χ0n) is 10.5. The molecule has 0 atom stereocenters. The molecular formula is C13H19NO2Si. The summed E-state index contributed by atoms with van der Waals surface area (Å²) in [6.07, 6.45) is 3.70. The quantitative estimate of drug-likeness (QED) is 0.606. The first-order valence-corrected chi connectivity index (χ1v) is 9.15. The average molecular weight is 249 g/mol. The molecule has 1 aromatic rings. The third-order valence-corrected chi connectivity index (χ3v) is 6.25. The molecular weight excluding hydrogens is 230 g/mol. The highest BCUT2D eigenvalue weighted by Gasteiger charge is 2.24. The minimum atomic E-state index is -1.40. The van der Waals surface area contributed by atoms with Crippen molar-refractivity contribution in [1.82, 2.24) is 4.98 Å². The summed E-state index contributed by atoms with van der Waals surface area (Å²) < 4.78 is 10.8. The second kappa shape index (κ2) is 5.12. The van der Waals surface area contributed by atoms with Crippen LogP contribution in [0.1, 0.15) is 12.0 Å². The molecule has 1 aliphatic heterocycles. The van der Waals surface area contributed by atoms with Gasteiger partial charge in [-0.25, -0.2) is 0 Å². The predicted molar refractivity (Wildman–Crippen MR) is 71.0 cm³/mol. The summed E-state index contributed by atoms with van der Waals surface area (Å²) in [6, 6.07) is 5.25. The molecule has 0 amide bonds. The molecule has 92 valence electrons. The van der Waals surface area contributed by atoms with E-state index in [0.717, 1.165) is 11.7 Å². The van der Waals surface area contributed by atoms with Gasteiger partial charge in [-0.3, -0.25) is 4.98 Å². The van der Waals surface area contributed by atoms with E-state index in [1.807, 2.05) is 18.3 Å². The van der Waals surface area contributed by atoms with Crippen molar-refractivity contribution in [1.29, 1.82) is 0 Å². The smallest absolute Gasteiger partial charge is 0.201 e. The van der Waals surface area contributed by atoms with Gasteiger partial charge in [0, 0.05) is 6.20 Å². The fourth-order valence-corrected chi connectivity index (χ4v) is 3.86. The van der Waals surface area contributed by atoms with Crippen LogP contribution in [0, 0.1) is 0 Å². The van der Waals surface area contributed by atoms with Crippen LogP contribution in [-0.4, -0.2) is 26.3 Å². The molecule has 0 aromatic carbocycles. The normalized spacial score (nSPS) is 17.3. The van der Waals surface area contributed by atoms with Gasteiger partial charge in [-0.2, -0.15) is 0 Å². The summed E-state index contributed by atoms with van der Waals surface area (Å²) in [5, 5.41) is 1.35. The molecule has 0 spiro atoms. The maximum atomic E-state index is 5.42. The number of ether oxygens (including phenoxy) is 2. The number of rotatable bonds is 4. The van der Waals surface area contributed by atoms with E-state index in [0.29, 0.717) is 13.2 Å². The summed E-state index contributed by atoms with van der Waals surface area (Å²) >= 11 is 0. The monoisotopic (exact) mass is 249 g/mol. The number of hydrogen-bond donors (Lipinski definition) is 0. The predicted octanol–water partition coefficient (Wildman–Crippen LogP) is 2.23. The largest absolute Gasteiger partial charge is 0.345 e. The molecule has 0 radical (unpaired) electrons. The van der Waals surface area contributed by atoms with E-state index in [1.165, 1.54) is 5.19 Å². The van der Waals surface area contributed by atoms with Crippen molar-refractivity contribution < 1.29 is 9.47 Å². The van der Waals surface area contributed by atoms with Gasteiger partial charge in [0.15, 0.2) is 0 Å². The fraction of sp³-hybridized carbons (Fsp3) is 0.462. The van der Waals surface area contributed by atoms with Crippen LogP contribution in [0.25, 0.3) is 0 Å². The van der Waals surface area contributed by atoms with Gasteiger partial charge in [0.05, 0.1) is 27.0 Å². The topological polar surface area (TPSA) is 31.4 Å². The molecule has 1 aromatic heterocycles. The van der Waals surface area contributed by atoms with E-state index in [-0.39, 0.29) is 6.29 Å². The Hall–Kier alpha value is -0.973. The molecule has 0 unspecified atom stereocenters. The van der Waals surface area contributed by atoms with Crippen molar-refractivity contribution in [2.45, 2.75) is 25.4 Å². The number of nitrogens with zero attached hydrogens (tertiary/aromatic N) is 1. The molecule has 3 nitrogen and oxygen atoms in total. The molecule has 0 aliphatic carbocycles. The van der Waals surface area contributed by atoms with Crippen molar-refractivity contribution in [2.24, 2.45) is 0 Å². The van der Waals surface area contributed by atoms with Gasteiger partial charge in [-0.1, -0.05) is 25.2 Å². The Morgan fingerprint density at radius 1 is 1.41 bits per heavy atom. The Kier molecular flexibility index (Phi) is 3.76. The van der Waals surface area contributed by atoms with Gasteiger partial charge in [-0.15, -0.1) is 6.58 Å². The third kappa shape index (κ3) is 2.83. The Balaban J connectivity index is 2.14. The Morgan fingerprint density at radius 3 is 2.65 bits per heavy atom. The summed E-state index contributed by atoms with van der Waals surface area (Å²) in [7, 11) is -1.40. The lowest BCUT2D eigenvalue weighted by Gasteiger charge is -2.21. The van der Waals surface area contributed by atoms with Crippen molar-refractivity contribution in [3.8, 4) is 0 Å². The number of hydrogen-bond acceptors (Lipinski definition) is 3. The van der Waals surface area contributed by atoms with E-state index < -0.39 is 8.07 Å². The first-order chi connectivity index (χ1) is 8.13. The lowest BCUT2D eigenvalue weighted by atomic mass is 10.3. The zero-order valence-corrected chi connectivity index (χ0v) is 11.5. The van der Waals surface area contributed by atoms with Crippen molar-refractivity contribution in [2.75, 3.05) is 13.2 Å². The maximum absolute atomic E-state index is 5.42. The van der Waals surface area contributed by atoms with Crippen LogP contribution in [0.5, 0.6) is 0 Å². The number of pyridine rings is 1. The zero-order chi connectivity index (χ0) is 12.3. The lowest BCUT2D eigenvalue weighted by Crippen LogP contribution is -2.40. The molecule has 0 bridgehead atoms. The highest BCUT2D eigenvalue weighted by Crippen LogP contribution is 2.20. The molecule has 2 rings (SSSR count). The van der Waals surface area contributed by atoms with E-state index in [9.17, 15) is 0 Å². The summed E-state index contributed by atoms with van der Waals surface area (Å²) in [4.78, 5) is 4.46. The molecule has 1 aliphatic rings. The van der Waals surface area contributed by atoms with E-state index in [1.54, 1.807) is 0 Å². The Bertz CT molecular complexity index is 383. The van der Waals surface area contributed by atoms with Gasteiger partial charge < -0.3 is 9.47 Å². The maximum Gasteiger partial charge on any atom is 0.201 e. The van der Waals surface area contributed by atoms with Gasteiger partial charge in [0.25, 0.3) is 0 Å². The second-order valence-electron chi connectivity index (χ2n) is 4.92. The van der Waals surface area contributed by atoms with Crippen LogP contribution in [0.3, 0.4) is 0 Å². The Morgan fingerprint density at radius 2 is 2.12 bits per heavy atom. The standard InChI is InChI=1S/C13H19NO2Si/c1-4-9-17(2,3)11-5-6-12(14-10-11)13-15-7-8-16-13/h4-6,10,13H,1,7-9H2,2-3H3. The number of allylic oxidation sites excluding steroid dienone is 1. The van der Waals surface area contributed by atoms with Gasteiger partial charge in [0.1, 0.15) is 0 Å². The minimum Gasteiger partial charge on any atom is -0.345 e. The molecule has 17 heavy (non-hydrogen) atoms. The minimum absolute atomic E-state index is 0.270. The Labute approximate surface area is 103 Å². The third-order valence-electron chi connectivity index (χ3n) is 3.09.